The van der Waals surface area contributed by atoms with E-state index in [1.165, 1.54) is 7.11 Å². The van der Waals surface area contributed by atoms with Crippen LogP contribution in [0.2, 0.25) is 0 Å². The molecule has 10 heteroatoms. The van der Waals surface area contributed by atoms with Gasteiger partial charge in [0.25, 0.3) is 0 Å². The Bertz CT molecular complexity index is 553. The first-order valence-electron chi connectivity index (χ1n) is 8.10. The molecule has 0 radical (unpaired) electrons. The molecule has 1 heterocycles. The number of carbonyl (C=O) groups is 3. The van der Waals surface area contributed by atoms with Crippen molar-refractivity contribution in [3.05, 3.63) is 12.2 Å². The Morgan fingerprint density at radius 2 is 2.00 bits per heavy atom. The summed E-state index contributed by atoms with van der Waals surface area (Å²) in [6.45, 7) is 4.25. The zero-order valence-corrected chi connectivity index (χ0v) is 16.0. The largest absolute Gasteiger partial charge is 0.478 e. The lowest BCUT2D eigenvalue weighted by atomic mass is 9.85. The molecule has 9 nitrogen and oxygen atoms in total. The number of carboxylic acid groups (broad SMARTS) is 1. The number of carbonyl (C=O) groups excluding carboxylic acids is 2. The fourth-order valence-corrected chi connectivity index (χ4v) is 2.35. The number of amides is 2. The van der Waals surface area contributed by atoms with E-state index in [0.717, 1.165) is 12.2 Å². The van der Waals surface area contributed by atoms with Crippen LogP contribution in [0.15, 0.2) is 12.2 Å². The molecule has 1 saturated heterocycles. The van der Waals surface area contributed by atoms with Gasteiger partial charge in [-0.1, -0.05) is 13.8 Å². The van der Waals surface area contributed by atoms with E-state index in [4.69, 9.17) is 19.3 Å². The van der Waals surface area contributed by atoms with Crippen molar-refractivity contribution in [2.45, 2.75) is 32.3 Å². The second-order valence-corrected chi connectivity index (χ2v) is 6.82. The molecule has 0 bridgehead atoms. The minimum absolute atomic E-state index is 0.102. The summed E-state index contributed by atoms with van der Waals surface area (Å²) >= 11 is 4.00. The molecule has 3 N–H and O–H groups in total. The van der Waals surface area contributed by atoms with Gasteiger partial charge in [0, 0.05) is 49.9 Å². The second kappa shape index (κ2) is 9.91. The molecular formula is C16H26N2O7S. The third-order valence-electron chi connectivity index (χ3n) is 3.68. The normalized spacial score (nSPS) is 25.0. The van der Waals surface area contributed by atoms with E-state index in [9.17, 15) is 14.4 Å². The molecule has 0 aliphatic carbocycles. The zero-order chi connectivity index (χ0) is 19.8. The van der Waals surface area contributed by atoms with Crippen molar-refractivity contribution in [3.8, 4) is 0 Å². The highest BCUT2D eigenvalue weighted by Crippen LogP contribution is 2.36. The van der Waals surface area contributed by atoms with Gasteiger partial charge < -0.3 is 30.0 Å². The predicted octanol–water partition coefficient (Wildman–Crippen LogP) is -0.0787. The number of methoxy groups -OCH3 is 1. The molecule has 1 aliphatic heterocycles. The number of carboxylic acids is 1. The maximum Gasteiger partial charge on any atom is 0.328 e. The van der Waals surface area contributed by atoms with Crippen LogP contribution < -0.4 is 10.6 Å². The standard InChI is InChI=1S/C16H26N2O7S/c1-15(2)10-24-16(23-3,6-4-12(20)21)25-13(15)14(22)18-7-5-11(19)17-8-9-26/h4,6,13,26H,5,7-10H2,1-3H3,(H,17,19)(H,18,22)(H,20,21)/b6-4+/t13-,16?/m0/s1. The van der Waals surface area contributed by atoms with Gasteiger partial charge in [-0.3, -0.25) is 9.59 Å². The smallest absolute Gasteiger partial charge is 0.328 e. The molecule has 0 spiro atoms. The van der Waals surface area contributed by atoms with Crippen molar-refractivity contribution in [2.75, 3.05) is 32.6 Å². The SMILES string of the molecule is COC1(/C=C/C(=O)O)OCC(C)(C)[C@H](C(=O)NCCC(=O)NCCS)O1. The van der Waals surface area contributed by atoms with Crippen LogP contribution >= 0.6 is 12.6 Å². The minimum atomic E-state index is -1.76. The quantitative estimate of drug-likeness (QED) is 0.321. The van der Waals surface area contributed by atoms with Crippen LogP contribution in [-0.4, -0.2) is 67.5 Å². The lowest BCUT2D eigenvalue weighted by Gasteiger charge is -2.45. The number of hydrogen-bond donors (Lipinski definition) is 4. The molecule has 0 aromatic rings. The number of hydrogen-bond acceptors (Lipinski definition) is 7. The first kappa shape index (κ1) is 22.4. The van der Waals surface area contributed by atoms with Crippen molar-refractivity contribution in [1.29, 1.82) is 0 Å². The molecule has 2 amide bonds. The molecule has 1 aliphatic rings. The highest BCUT2D eigenvalue weighted by Gasteiger charge is 2.49. The average molecular weight is 390 g/mol. The molecule has 0 aromatic carbocycles. The van der Waals surface area contributed by atoms with E-state index < -0.39 is 29.4 Å². The number of ether oxygens (including phenoxy) is 3. The van der Waals surface area contributed by atoms with Gasteiger partial charge in [0.15, 0.2) is 0 Å². The Hall–Kier alpha value is -1.62. The lowest BCUT2D eigenvalue weighted by molar-refractivity contribution is -0.396. The van der Waals surface area contributed by atoms with Crippen LogP contribution in [0, 0.1) is 5.41 Å². The van der Waals surface area contributed by atoms with Gasteiger partial charge in [-0.2, -0.15) is 12.6 Å². The summed E-state index contributed by atoms with van der Waals surface area (Å²) < 4.78 is 16.3. The maximum atomic E-state index is 12.5. The Labute approximate surface area is 157 Å². The maximum absolute atomic E-state index is 12.5. The van der Waals surface area contributed by atoms with Crippen LogP contribution in [0.4, 0.5) is 0 Å². The Morgan fingerprint density at radius 3 is 2.58 bits per heavy atom. The predicted molar refractivity (Wildman–Crippen MR) is 95.6 cm³/mol. The zero-order valence-electron chi connectivity index (χ0n) is 15.1. The number of thiol groups is 1. The number of aliphatic carboxylic acids is 1. The van der Waals surface area contributed by atoms with Crippen LogP contribution in [0.5, 0.6) is 0 Å². The summed E-state index contributed by atoms with van der Waals surface area (Å²) in [6.07, 6.45) is 1.07. The van der Waals surface area contributed by atoms with Gasteiger partial charge in [0.1, 0.15) is 6.10 Å². The van der Waals surface area contributed by atoms with E-state index in [1.807, 2.05) is 0 Å². The molecule has 148 valence electrons. The summed E-state index contributed by atoms with van der Waals surface area (Å²) in [7, 11) is 1.28. The molecule has 2 atom stereocenters. The number of rotatable bonds is 9. The Morgan fingerprint density at radius 1 is 1.31 bits per heavy atom. The monoisotopic (exact) mass is 390 g/mol. The molecular weight excluding hydrogens is 364 g/mol. The molecule has 1 fully saturated rings. The fourth-order valence-electron chi connectivity index (χ4n) is 2.24. The van der Waals surface area contributed by atoms with Crippen molar-refractivity contribution in [3.63, 3.8) is 0 Å². The van der Waals surface area contributed by atoms with Gasteiger partial charge >= 0.3 is 11.9 Å². The minimum Gasteiger partial charge on any atom is -0.478 e. The van der Waals surface area contributed by atoms with Crippen molar-refractivity contribution < 1.29 is 33.7 Å². The van der Waals surface area contributed by atoms with Crippen molar-refractivity contribution in [2.24, 2.45) is 5.41 Å². The molecule has 1 unspecified atom stereocenters. The third kappa shape index (κ3) is 6.60. The topological polar surface area (TPSA) is 123 Å². The highest BCUT2D eigenvalue weighted by atomic mass is 32.1. The van der Waals surface area contributed by atoms with Gasteiger partial charge in [0.2, 0.25) is 11.8 Å². The van der Waals surface area contributed by atoms with E-state index >= 15 is 0 Å². The van der Waals surface area contributed by atoms with E-state index in [1.54, 1.807) is 13.8 Å². The van der Waals surface area contributed by atoms with Gasteiger partial charge in [0.05, 0.1) is 6.61 Å². The first-order valence-corrected chi connectivity index (χ1v) is 8.73. The average Bonchev–Trinajstić information content (AvgIpc) is 2.59. The van der Waals surface area contributed by atoms with Crippen LogP contribution in [0.1, 0.15) is 20.3 Å². The van der Waals surface area contributed by atoms with Crippen molar-refractivity contribution >= 4 is 30.4 Å². The van der Waals surface area contributed by atoms with Crippen LogP contribution in [0.25, 0.3) is 0 Å². The Balaban J connectivity index is 2.72. The van der Waals surface area contributed by atoms with Gasteiger partial charge in [-0.05, 0) is 0 Å². The summed E-state index contributed by atoms with van der Waals surface area (Å²) in [5, 5.41) is 14.1. The van der Waals surface area contributed by atoms with Crippen LogP contribution in [0.3, 0.4) is 0 Å². The van der Waals surface area contributed by atoms with Gasteiger partial charge in [-0.15, -0.1) is 0 Å². The summed E-state index contributed by atoms with van der Waals surface area (Å²) in [5.41, 5.74) is -0.683. The summed E-state index contributed by atoms with van der Waals surface area (Å²) in [6, 6.07) is 0. The Kier molecular flexibility index (Phi) is 8.54. The fraction of sp³-hybridized carbons (Fsp3) is 0.688. The van der Waals surface area contributed by atoms with Gasteiger partial charge in [-0.25, -0.2) is 4.79 Å². The first-order chi connectivity index (χ1) is 12.2. The summed E-state index contributed by atoms with van der Waals surface area (Å²) in [5.74, 6) is -3.07. The van der Waals surface area contributed by atoms with E-state index in [0.29, 0.717) is 12.3 Å². The number of nitrogens with one attached hydrogen (secondary N) is 2. The molecule has 1 rings (SSSR count). The molecule has 26 heavy (non-hydrogen) atoms. The molecule has 0 saturated carbocycles. The summed E-state index contributed by atoms with van der Waals surface area (Å²) in [4.78, 5) is 34.8. The third-order valence-corrected chi connectivity index (χ3v) is 3.90. The van der Waals surface area contributed by atoms with E-state index in [2.05, 4.69) is 23.3 Å². The molecule has 0 aromatic heterocycles. The van der Waals surface area contributed by atoms with E-state index in [-0.39, 0.29) is 25.5 Å². The van der Waals surface area contributed by atoms with Crippen molar-refractivity contribution in [1.82, 2.24) is 10.6 Å². The highest BCUT2D eigenvalue weighted by molar-refractivity contribution is 7.80. The van der Waals surface area contributed by atoms with Crippen LogP contribution in [-0.2, 0) is 28.6 Å². The second-order valence-electron chi connectivity index (χ2n) is 6.37. The lowest BCUT2D eigenvalue weighted by Crippen LogP contribution is -2.58.